The zero-order valence-corrected chi connectivity index (χ0v) is 15.1. The van der Waals surface area contributed by atoms with Crippen LogP contribution in [-0.2, 0) is 30.5 Å². The van der Waals surface area contributed by atoms with E-state index >= 15 is 0 Å². The average molecular weight is 398 g/mol. The van der Waals surface area contributed by atoms with E-state index in [0.717, 1.165) is 5.56 Å². The first-order valence-corrected chi connectivity index (χ1v) is 9.22. The molecule has 3 rings (SSSR count). The summed E-state index contributed by atoms with van der Waals surface area (Å²) in [5.41, 5.74) is 7.02. The third-order valence-electron chi connectivity index (χ3n) is 3.48. The van der Waals surface area contributed by atoms with E-state index in [1.807, 2.05) is 30.3 Å². The van der Waals surface area contributed by atoms with Gasteiger partial charge < -0.3 is 14.7 Å². The lowest BCUT2D eigenvalue weighted by atomic mass is 10.1. The zero-order chi connectivity index (χ0) is 18.0. The molecule has 0 bridgehead atoms. The van der Waals surface area contributed by atoms with E-state index in [2.05, 4.69) is 0 Å². The number of benzene rings is 2. The van der Waals surface area contributed by atoms with Gasteiger partial charge in [0.1, 0.15) is 0 Å². The molecule has 130 valence electrons. The van der Waals surface area contributed by atoms with Gasteiger partial charge in [-0.1, -0.05) is 59.6 Å². The van der Waals surface area contributed by atoms with Gasteiger partial charge in [-0.05, 0) is 17.7 Å². The van der Waals surface area contributed by atoms with Crippen molar-refractivity contribution in [3.05, 3.63) is 81.3 Å². The van der Waals surface area contributed by atoms with Crippen LogP contribution in [0.3, 0.4) is 0 Å². The van der Waals surface area contributed by atoms with Gasteiger partial charge in [-0.15, -0.1) is 0 Å². The second kappa shape index (κ2) is 7.47. The van der Waals surface area contributed by atoms with Gasteiger partial charge >= 0.3 is 0 Å². The highest BCUT2D eigenvalue weighted by molar-refractivity contribution is 7.79. The number of rotatable bonds is 5. The van der Waals surface area contributed by atoms with Crippen molar-refractivity contribution in [2.45, 2.75) is 11.9 Å². The lowest BCUT2D eigenvalue weighted by Gasteiger charge is -2.10. The van der Waals surface area contributed by atoms with Crippen LogP contribution in [0.25, 0.3) is 0 Å². The fraction of sp³-hybridized carbons (Fsp3) is 0.118. The minimum Gasteiger partial charge on any atom is -0.460 e. The van der Waals surface area contributed by atoms with Gasteiger partial charge in [0.05, 0.1) is 15.8 Å². The normalized spacial score (nSPS) is 18.2. The molecule has 1 heterocycles. The number of carbonyl (C=O) groups excluding carboxylic acids is 1. The summed E-state index contributed by atoms with van der Waals surface area (Å²) in [6.45, 7) is 0. The van der Waals surface area contributed by atoms with Crippen LogP contribution in [0.15, 0.2) is 60.2 Å². The first-order chi connectivity index (χ1) is 12.0. The molecule has 0 saturated carbocycles. The van der Waals surface area contributed by atoms with E-state index in [0.29, 0.717) is 10.6 Å². The first-order valence-electron chi connectivity index (χ1n) is 7.22. The van der Waals surface area contributed by atoms with Crippen molar-refractivity contribution in [2.75, 3.05) is 0 Å². The molecule has 2 N–H and O–H groups in total. The molecule has 0 fully saturated rings. The average Bonchev–Trinajstić information content (AvgIpc) is 2.86. The third-order valence-corrected chi connectivity index (χ3v) is 5.14. The maximum absolute atomic E-state index is 12.5. The Morgan fingerprint density at radius 3 is 2.52 bits per heavy atom. The minimum absolute atomic E-state index is 0.127. The fourth-order valence-electron chi connectivity index (χ4n) is 2.28. The van der Waals surface area contributed by atoms with Crippen LogP contribution >= 0.6 is 23.2 Å². The Morgan fingerprint density at radius 2 is 1.84 bits per heavy atom. The van der Waals surface area contributed by atoms with Crippen LogP contribution in [-0.4, -0.2) is 9.99 Å². The molecule has 8 heteroatoms. The Labute approximate surface area is 157 Å². The van der Waals surface area contributed by atoms with Gasteiger partial charge in [0.2, 0.25) is 28.5 Å². The number of Topliss-reactive ketones (excluding diaryl/α,β-unsaturated/α-hetero) is 1. The number of hydrogen-bond donors (Lipinski definition) is 1. The Balaban J connectivity index is 1.72. The summed E-state index contributed by atoms with van der Waals surface area (Å²) >= 11 is 10.1. The van der Waals surface area contributed by atoms with Gasteiger partial charge in [0, 0.05) is 5.56 Å². The summed E-state index contributed by atoms with van der Waals surface area (Å²) < 4.78 is 22.8. The molecule has 1 aliphatic rings. The van der Waals surface area contributed by atoms with Crippen molar-refractivity contribution in [2.24, 2.45) is 5.73 Å². The molecule has 2 unspecified atom stereocenters. The van der Waals surface area contributed by atoms with Gasteiger partial charge in [-0.3, -0.25) is 4.79 Å². The predicted octanol–water partition coefficient (Wildman–Crippen LogP) is 3.64. The number of carbonyl (C=O) groups is 1. The molecule has 0 radical (unpaired) electrons. The summed E-state index contributed by atoms with van der Waals surface area (Å²) in [4.78, 5) is 12.5. The van der Waals surface area contributed by atoms with Crippen molar-refractivity contribution >= 4 is 40.1 Å². The van der Waals surface area contributed by atoms with Crippen molar-refractivity contribution < 1.29 is 17.9 Å². The van der Waals surface area contributed by atoms with Gasteiger partial charge in [0.15, 0.2) is 6.10 Å². The van der Waals surface area contributed by atoms with E-state index < -0.39 is 23.0 Å². The maximum Gasteiger partial charge on any atom is 0.249 e. The number of hydrogen-bond acceptors (Lipinski definition) is 5. The standard InChI is InChI=1S/C17H13Cl2NO4S/c18-12-7-6-11(8-13(12)19)15-14(21)16(17(20)23-15)24-25(22)9-10-4-2-1-3-5-10/h1-8,15H,9,20H2. The molecule has 5 nitrogen and oxygen atoms in total. The number of ketones is 1. The highest BCUT2D eigenvalue weighted by Crippen LogP contribution is 2.34. The Kier molecular flexibility index (Phi) is 5.32. The Morgan fingerprint density at radius 1 is 1.12 bits per heavy atom. The van der Waals surface area contributed by atoms with Gasteiger partial charge in [-0.2, -0.15) is 0 Å². The predicted molar refractivity (Wildman–Crippen MR) is 95.9 cm³/mol. The number of halogens is 2. The van der Waals surface area contributed by atoms with Crippen molar-refractivity contribution in [1.82, 2.24) is 0 Å². The lowest BCUT2D eigenvalue weighted by molar-refractivity contribution is -0.123. The van der Waals surface area contributed by atoms with Crippen LogP contribution in [0, 0.1) is 0 Å². The smallest absolute Gasteiger partial charge is 0.249 e. The molecular weight excluding hydrogens is 385 g/mol. The van der Waals surface area contributed by atoms with Crippen molar-refractivity contribution in [3.63, 3.8) is 0 Å². The van der Waals surface area contributed by atoms with Crippen LogP contribution in [0.4, 0.5) is 0 Å². The largest absolute Gasteiger partial charge is 0.460 e. The molecule has 0 aromatic heterocycles. The fourth-order valence-corrected chi connectivity index (χ4v) is 3.46. The van der Waals surface area contributed by atoms with E-state index in [1.165, 1.54) is 6.07 Å². The molecule has 0 saturated heterocycles. The summed E-state index contributed by atoms with van der Waals surface area (Å²) in [6, 6.07) is 13.8. The SMILES string of the molecule is NC1=C(OS(=O)Cc2ccccc2)C(=O)C(c2ccc(Cl)c(Cl)c2)O1. The molecule has 2 aromatic carbocycles. The number of nitrogens with two attached hydrogens (primary N) is 1. The van der Waals surface area contributed by atoms with Crippen LogP contribution in [0.1, 0.15) is 17.2 Å². The summed E-state index contributed by atoms with van der Waals surface area (Å²) in [5, 5.41) is 0.647. The first kappa shape index (κ1) is 17.8. The summed E-state index contributed by atoms with van der Waals surface area (Å²) in [7, 11) is 0. The third kappa shape index (κ3) is 3.98. The van der Waals surface area contributed by atoms with Gasteiger partial charge in [0.25, 0.3) is 0 Å². The Hall–Kier alpha value is -2.02. The monoisotopic (exact) mass is 397 g/mol. The lowest BCUT2D eigenvalue weighted by Crippen LogP contribution is -2.13. The molecule has 0 aliphatic carbocycles. The van der Waals surface area contributed by atoms with Crippen LogP contribution < -0.4 is 5.73 Å². The van der Waals surface area contributed by atoms with Crippen LogP contribution in [0.2, 0.25) is 10.0 Å². The van der Waals surface area contributed by atoms with E-state index in [1.54, 1.807) is 12.1 Å². The highest BCUT2D eigenvalue weighted by Gasteiger charge is 2.38. The van der Waals surface area contributed by atoms with Gasteiger partial charge in [-0.25, -0.2) is 4.21 Å². The molecule has 0 spiro atoms. The van der Waals surface area contributed by atoms with Crippen LogP contribution in [0.5, 0.6) is 0 Å². The van der Waals surface area contributed by atoms with Crippen molar-refractivity contribution in [1.29, 1.82) is 0 Å². The summed E-state index contributed by atoms with van der Waals surface area (Å²) in [6.07, 6.45) is -1.00. The molecule has 1 aliphatic heterocycles. The molecular formula is C17H13Cl2NO4S. The molecule has 0 amide bonds. The summed E-state index contributed by atoms with van der Waals surface area (Å²) in [5.74, 6) is -0.840. The number of ether oxygens (including phenoxy) is 1. The topological polar surface area (TPSA) is 78.6 Å². The Bertz CT molecular complexity index is 870. The second-order valence-corrected chi connectivity index (χ2v) is 7.12. The molecule has 25 heavy (non-hydrogen) atoms. The van der Waals surface area contributed by atoms with Crippen molar-refractivity contribution in [3.8, 4) is 0 Å². The minimum atomic E-state index is -1.77. The van der Waals surface area contributed by atoms with E-state index in [4.69, 9.17) is 37.9 Å². The second-order valence-electron chi connectivity index (χ2n) is 5.25. The molecule has 2 aromatic rings. The zero-order valence-electron chi connectivity index (χ0n) is 12.8. The molecule has 2 atom stereocenters. The highest BCUT2D eigenvalue weighted by atomic mass is 35.5. The quantitative estimate of drug-likeness (QED) is 0.832. The van der Waals surface area contributed by atoms with E-state index in [-0.39, 0.29) is 22.4 Å². The maximum atomic E-state index is 12.5. The van der Waals surface area contributed by atoms with E-state index in [9.17, 15) is 9.00 Å².